The summed E-state index contributed by atoms with van der Waals surface area (Å²) in [5.41, 5.74) is 4.22. The monoisotopic (exact) mass is 466 g/mol. The largest absolute Gasteiger partial charge is 0.336 e. The van der Waals surface area contributed by atoms with Crippen LogP contribution in [0.1, 0.15) is 29.8 Å². The van der Waals surface area contributed by atoms with Gasteiger partial charge in [-0.05, 0) is 19.1 Å². The minimum absolute atomic E-state index is 0.0955. The topological polar surface area (TPSA) is 73.8 Å². The van der Waals surface area contributed by atoms with Crippen LogP contribution in [0.3, 0.4) is 0 Å². The van der Waals surface area contributed by atoms with E-state index in [2.05, 4.69) is 0 Å². The standard InChI is InChI=1S/C25H30N4O3S/c1-4-28(5-2)33(31,32)29-16-14-27(15-17-29)25(30)22-18-24(20-12-10-19(3)11-13-20)26-23-9-7-6-8-21(22)23/h6-13,18H,4-5,14-17H2,1-3H3. The first-order valence-electron chi connectivity index (χ1n) is 11.4. The molecule has 0 bridgehead atoms. The fourth-order valence-electron chi connectivity index (χ4n) is 4.23. The van der Waals surface area contributed by atoms with Gasteiger partial charge in [-0.3, -0.25) is 4.79 Å². The average molecular weight is 467 g/mol. The lowest BCUT2D eigenvalue weighted by atomic mass is 10.0. The molecule has 0 spiro atoms. The van der Waals surface area contributed by atoms with Crippen molar-refractivity contribution in [3.63, 3.8) is 0 Å². The maximum absolute atomic E-state index is 13.6. The first-order valence-corrected chi connectivity index (χ1v) is 12.8. The van der Waals surface area contributed by atoms with Crippen LogP contribution >= 0.6 is 0 Å². The number of pyridine rings is 1. The van der Waals surface area contributed by atoms with Gasteiger partial charge < -0.3 is 4.90 Å². The molecule has 1 aliphatic rings. The summed E-state index contributed by atoms with van der Waals surface area (Å²) >= 11 is 0. The summed E-state index contributed by atoms with van der Waals surface area (Å²) in [7, 11) is -3.50. The molecule has 2 aromatic carbocycles. The van der Waals surface area contributed by atoms with Gasteiger partial charge in [0.1, 0.15) is 0 Å². The van der Waals surface area contributed by atoms with Gasteiger partial charge in [-0.25, -0.2) is 4.98 Å². The van der Waals surface area contributed by atoms with Gasteiger partial charge in [0, 0.05) is 50.2 Å². The summed E-state index contributed by atoms with van der Waals surface area (Å²) in [5, 5.41) is 0.802. The molecule has 0 saturated carbocycles. The Kier molecular flexibility index (Phi) is 6.78. The molecule has 1 aliphatic heterocycles. The molecule has 0 radical (unpaired) electrons. The number of carbonyl (C=O) groups is 1. The highest BCUT2D eigenvalue weighted by Gasteiger charge is 2.32. The van der Waals surface area contributed by atoms with Crippen molar-refractivity contribution in [2.24, 2.45) is 0 Å². The fraction of sp³-hybridized carbons (Fsp3) is 0.360. The molecule has 0 atom stereocenters. The minimum Gasteiger partial charge on any atom is -0.336 e. The van der Waals surface area contributed by atoms with E-state index in [0.717, 1.165) is 27.7 Å². The number of aromatic nitrogens is 1. The molecular weight excluding hydrogens is 436 g/mol. The first kappa shape index (κ1) is 23.4. The highest BCUT2D eigenvalue weighted by atomic mass is 32.2. The third-order valence-electron chi connectivity index (χ3n) is 6.18. The SMILES string of the molecule is CCN(CC)S(=O)(=O)N1CCN(C(=O)c2cc(-c3ccc(C)cc3)nc3ccccc23)CC1. The van der Waals surface area contributed by atoms with Crippen LogP contribution in [0.15, 0.2) is 54.6 Å². The Morgan fingerprint density at radius 1 is 0.970 bits per heavy atom. The van der Waals surface area contributed by atoms with Gasteiger partial charge in [0.05, 0.1) is 16.8 Å². The second-order valence-corrected chi connectivity index (χ2v) is 10.2. The van der Waals surface area contributed by atoms with Gasteiger partial charge in [-0.15, -0.1) is 0 Å². The van der Waals surface area contributed by atoms with E-state index in [1.807, 2.05) is 75.4 Å². The molecule has 1 saturated heterocycles. The van der Waals surface area contributed by atoms with Gasteiger partial charge in [-0.2, -0.15) is 17.0 Å². The van der Waals surface area contributed by atoms with E-state index in [1.165, 1.54) is 8.61 Å². The second-order valence-electron chi connectivity index (χ2n) is 8.22. The Morgan fingerprint density at radius 2 is 1.61 bits per heavy atom. The molecule has 1 amide bonds. The van der Waals surface area contributed by atoms with E-state index >= 15 is 0 Å². The summed E-state index contributed by atoms with van der Waals surface area (Å²) in [6.45, 7) is 7.86. The zero-order valence-corrected chi connectivity index (χ0v) is 20.2. The first-order chi connectivity index (χ1) is 15.8. The molecule has 8 heteroatoms. The predicted molar refractivity (Wildman–Crippen MR) is 131 cm³/mol. The van der Waals surface area contributed by atoms with Gasteiger partial charge in [0.2, 0.25) is 0 Å². The summed E-state index contributed by atoms with van der Waals surface area (Å²) in [4.78, 5) is 20.1. The zero-order chi connectivity index (χ0) is 23.6. The van der Waals surface area contributed by atoms with Gasteiger partial charge in [0.15, 0.2) is 0 Å². The van der Waals surface area contributed by atoms with Crippen LogP contribution in [0.25, 0.3) is 22.2 Å². The molecule has 7 nitrogen and oxygen atoms in total. The quantitative estimate of drug-likeness (QED) is 0.557. The molecule has 4 rings (SSSR count). The Balaban J connectivity index is 1.62. The normalized spacial score (nSPS) is 15.3. The van der Waals surface area contributed by atoms with Crippen molar-refractivity contribution in [1.82, 2.24) is 18.5 Å². The highest BCUT2D eigenvalue weighted by Crippen LogP contribution is 2.27. The predicted octanol–water partition coefficient (Wildman–Crippen LogP) is 3.55. The van der Waals surface area contributed by atoms with E-state index in [9.17, 15) is 13.2 Å². The molecule has 174 valence electrons. The van der Waals surface area contributed by atoms with Crippen LogP contribution < -0.4 is 0 Å². The van der Waals surface area contributed by atoms with E-state index in [1.54, 1.807) is 4.90 Å². The van der Waals surface area contributed by atoms with E-state index in [4.69, 9.17) is 4.98 Å². The number of rotatable bonds is 6. The van der Waals surface area contributed by atoms with Crippen molar-refractivity contribution >= 4 is 27.0 Å². The number of para-hydroxylation sites is 1. The Morgan fingerprint density at radius 3 is 2.24 bits per heavy atom. The summed E-state index contributed by atoms with van der Waals surface area (Å²) in [6.07, 6.45) is 0. The third-order valence-corrected chi connectivity index (χ3v) is 8.36. The van der Waals surface area contributed by atoms with Crippen LogP contribution in [0.4, 0.5) is 0 Å². The number of aryl methyl sites for hydroxylation is 1. The number of fused-ring (bicyclic) bond motifs is 1. The molecule has 0 aliphatic carbocycles. The van der Waals surface area contributed by atoms with Gasteiger partial charge >= 0.3 is 0 Å². The lowest BCUT2D eigenvalue weighted by molar-refractivity contribution is 0.0696. The van der Waals surface area contributed by atoms with Crippen molar-refractivity contribution < 1.29 is 13.2 Å². The number of benzene rings is 2. The number of nitrogens with zero attached hydrogens (tertiary/aromatic N) is 4. The lowest BCUT2D eigenvalue weighted by Gasteiger charge is -2.36. The number of amides is 1. The highest BCUT2D eigenvalue weighted by molar-refractivity contribution is 7.86. The van der Waals surface area contributed by atoms with Crippen LogP contribution in [-0.2, 0) is 10.2 Å². The number of hydrogen-bond acceptors (Lipinski definition) is 4. The smallest absolute Gasteiger partial charge is 0.282 e. The van der Waals surface area contributed by atoms with Crippen molar-refractivity contribution in [2.45, 2.75) is 20.8 Å². The van der Waals surface area contributed by atoms with Crippen molar-refractivity contribution in [2.75, 3.05) is 39.3 Å². The molecule has 1 aromatic heterocycles. The van der Waals surface area contributed by atoms with Crippen molar-refractivity contribution in [1.29, 1.82) is 0 Å². The van der Waals surface area contributed by atoms with E-state index in [0.29, 0.717) is 44.8 Å². The maximum atomic E-state index is 13.6. The Hall–Kier alpha value is -2.81. The minimum atomic E-state index is -3.50. The number of carbonyl (C=O) groups excluding carboxylic acids is 1. The summed E-state index contributed by atoms with van der Waals surface area (Å²) in [6, 6.07) is 17.6. The van der Waals surface area contributed by atoms with Crippen LogP contribution in [0, 0.1) is 6.92 Å². The van der Waals surface area contributed by atoms with Gasteiger partial charge in [-0.1, -0.05) is 61.9 Å². The average Bonchev–Trinajstić information content (AvgIpc) is 2.84. The number of piperazine rings is 1. The maximum Gasteiger partial charge on any atom is 0.282 e. The van der Waals surface area contributed by atoms with E-state index < -0.39 is 10.2 Å². The third kappa shape index (κ3) is 4.64. The molecule has 0 N–H and O–H groups in total. The molecular formula is C25H30N4O3S. The number of hydrogen-bond donors (Lipinski definition) is 0. The Labute approximate surface area is 195 Å². The van der Waals surface area contributed by atoms with Crippen LogP contribution in [-0.4, -0.2) is 72.1 Å². The van der Waals surface area contributed by atoms with Crippen molar-refractivity contribution in [3.8, 4) is 11.3 Å². The molecule has 33 heavy (non-hydrogen) atoms. The molecule has 2 heterocycles. The second kappa shape index (κ2) is 9.59. The lowest BCUT2D eigenvalue weighted by Crippen LogP contribution is -2.54. The Bertz CT molecular complexity index is 1250. The zero-order valence-electron chi connectivity index (χ0n) is 19.4. The fourth-order valence-corrected chi connectivity index (χ4v) is 5.83. The molecule has 3 aromatic rings. The molecule has 0 unspecified atom stereocenters. The van der Waals surface area contributed by atoms with Crippen LogP contribution in [0.2, 0.25) is 0 Å². The van der Waals surface area contributed by atoms with Crippen molar-refractivity contribution in [3.05, 3.63) is 65.7 Å². The van der Waals surface area contributed by atoms with Gasteiger partial charge in [0.25, 0.3) is 16.1 Å². The summed E-state index contributed by atoms with van der Waals surface area (Å²) < 4.78 is 28.6. The van der Waals surface area contributed by atoms with E-state index in [-0.39, 0.29) is 5.91 Å². The summed E-state index contributed by atoms with van der Waals surface area (Å²) in [5.74, 6) is -0.0955. The molecule has 1 fully saturated rings. The van der Waals surface area contributed by atoms with Crippen LogP contribution in [0.5, 0.6) is 0 Å².